The van der Waals surface area contributed by atoms with Gasteiger partial charge in [-0.1, -0.05) is 17.7 Å². The molecule has 1 aliphatic rings. The lowest BCUT2D eigenvalue weighted by Crippen LogP contribution is -2.41. The maximum absolute atomic E-state index is 12.1. The molecule has 0 aliphatic heterocycles. The number of carbonyl (C=O) groups excluding carboxylic acids is 1. The van der Waals surface area contributed by atoms with Crippen LogP contribution >= 0.6 is 0 Å². The van der Waals surface area contributed by atoms with Crippen molar-refractivity contribution in [2.75, 3.05) is 5.32 Å². The molecule has 0 heterocycles. The number of hydrogen-bond donors (Lipinski definition) is 3. The van der Waals surface area contributed by atoms with Crippen LogP contribution in [0.3, 0.4) is 0 Å². The SMILES string of the molecule is Cc1ccc(NC(=O)N[C@H]2CC[C@H](Oc3ccc(O)cc3)CC2)cc1. The highest BCUT2D eigenvalue weighted by molar-refractivity contribution is 5.89. The normalized spacial score (nSPS) is 19.9. The topological polar surface area (TPSA) is 70.6 Å². The Bertz CT molecular complexity index is 690. The fraction of sp³-hybridized carbons (Fsp3) is 0.350. The molecule has 5 heteroatoms. The van der Waals surface area contributed by atoms with Crippen LogP contribution in [0.4, 0.5) is 10.5 Å². The van der Waals surface area contributed by atoms with Crippen molar-refractivity contribution in [1.29, 1.82) is 0 Å². The molecule has 0 aromatic heterocycles. The lowest BCUT2D eigenvalue weighted by atomic mass is 9.93. The summed E-state index contributed by atoms with van der Waals surface area (Å²) in [5, 5.41) is 15.2. The summed E-state index contributed by atoms with van der Waals surface area (Å²) in [4.78, 5) is 12.1. The highest BCUT2D eigenvalue weighted by Crippen LogP contribution is 2.25. The van der Waals surface area contributed by atoms with Gasteiger partial charge >= 0.3 is 6.03 Å². The minimum atomic E-state index is -0.160. The van der Waals surface area contributed by atoms with Crippen LogP contribution in [0.2, 0.25) is 0 Å². The van der Waals surface area contributed by atoms with Gasteiger partial charge in [0.25, 0.3) is 0 Å². The van der Waals surface area contributed by atoms with Gasteiger partial charge in [0.05, 0.1) is 6.10 Å². The Morgan fingerprint density at radius 2 is 1.64 bits per heavy atom. The molecule has 3 rings (SSSR count). The van der Waals surface area contributed by atoms with Crippen LogP contribution in [0, 0.1) is 6.92 Å². The first-order valence-corrected chi connectivity index (χ1v) is 8.68. The Morgan fingerprint density at radius 1 is 1.00 bits per heavy atom. The van der Waals surface area contributed by atoms with E-state index in [-0.39, 0.29) is 23.9 Å². The summed E-state index contributed by atoms with van der Waals surface area (Å²) in [5.74, 6) is 1.01. The van der Waals surface area contributed by atoms with Gasteiger partial charge in [0.15, 0.2) is 0 Å². The van der Waals surface area contributed by atoms with E-state index in [4.69, 9.17) is 4.74 Å². The molecule has 132 valence electrons. The van der Waals surface area contributed by atoms with E-state index in [1.165, 1.54) is 0 Å². The number of rotatable bonds is 4. The first kappa shape index (κ1) is 17.1. The van der Waals surface area contributed by atoms with Crippen LogP contribution in [-0.4, -0.2) is 23.3 Å². The summed E-state index contributed by atoms with van der Waals surface area (Å²) in [6, 6.07) is 14.5. The molecule has 0 atom stereocenters. The monoisotopic (exact) mass is 340 g/mol. The third kappa shape index (κ3) is 5.14. The number of nitrogens with one attached hydrogen (secondary N) is 2. The molecule has 1 saturated carbocycles. The van der Waals surface area contributed by atoms with Gasteiger partial charge in [-0.05, 0) is 69.0 Å². The van der Waals surface area contributed by atoms with Gasteiger partial charge in [-0.3, -0.25) is 0 Å². The second-order valence-corrected chi connectivity index (χ2v) is 6.55. The molecule has 0 bridgehead atoms. The number of anilines is 1. The van der Waals surface area contributed by atoms with Crippen molar-refractivity contribution >= 4 is 11.7 Å². The summed E-state index contributed by atoms with van der Waals surface area (Å²) in [7, 11) is 0. The van der Waals surface area contributed by atoms with Gasteiger partial charge in [-0.15, -0.1) is 0 Å². The molecule has 25 heavy (non-hydrogen) atoms. The van der Waals surface area contributed by atoms with Crippen molar-refractivity contribution in [3.63, 3.8) is 0 Å². The highest BCUT2D eigenvalue weighted by Gasteiger charge is 2.23. The Kier molecular flexibility index (Phi) is 5.43. The molecule has 3 N–H and O–H groups in total. The van der Waals surface area contributed by atoms with Crippen LogP contribution in [0.5, 0.6) is 11.5 Å². The number of phenols is 1. The molecule has 2 aromatic carbocycles. The largest absolute Gasteiger partial charge is 0.508 e. The first-order chi connectivity index (χ1) is 12.1. The van der Waals surface area contributed by atoms with E-state index in [0.717, 1.165) is 42.7 Å². The molecule has 1 aliphatic carbocycles. The molecule has 5 nitrogen and oxygen atoms in total. The van der Waals surface area contributed by atoms with Crippen LogP contribution in [-0.2, 0) is 0 Å². The summed E-state index contributed by atoms with van der Waals surface area (Å²) in [6.07, 6.45) is 3.74. The van der Waals surface area contributed by atoms with E-state index >= 15 is 0 Å². The maximum Gasteiger partial charge on any atom is 0.319 e. The van der Waals surface area contributed by atoms with Crippen molar-refractivity contribution < 1.29 is 14.6 Å². The summed E-state index contributed by atoms with van der Waals surface area (Å²) in [5.41, 5.74) is 1.96. The Hall–Kier alpha value is -2.69. The number of urea groups is 1. The third-order valence-corrected chi connectivity index (χ3v) is 4.46. The standard InChI is InChI=1S/C20H24N2O3/c1-14-2-4-15(5-3-14)21-20(24)22-16-6-10-18(11-7-16)25-19-12-8-17(23)9-13-19/h2-5,8-9,12-13,16,18,23H,6-7,10-11H2,1H3,(H2,21,22,24)/t16-,18-. The van der Waals surface area contributed by atoms with E-state index in [2.05, 4.69) is 10.6 Å². The number of aromatic hydroxyl groups is 1. The van der Waals surface area contributed by atoms with Crippen molar-refractivity contribution in [3.05, 3.63) is 54.1 Å². The molecule has 2 amide bonds. The lowest BCUT2D eigenvalue weighted by Gasteiger charge is -2.29. The second kappa shape index (κ2) is 7.92. The fourth-order valence-electron chi connectivity index (χ4n) is 3.03. The van der Waals surface area contributed by atoms with E-state index in [1.807, 2.05) is 31.2 Å². The zero-order chi connectivity index (χ0) is 17.6. The van der Waals surface area contributed by atoms with Gasteiger partial charge in [-0.25, -0.2) is 4.79 Å². The molecule has 0 unspecified atom stereocenters. The number of aryl methyl sites for hydroxylation is 1. The Labute approximate surface area is 148 Å². The van der Waals surface area contributed by atoms with Crippen molar-refractivity contribution in [1.82, 2.24) is 5.32 Å². The van der Waals surface area contributed by atoms with Gasteiger partial charge < -0.3 is 20.5 Å². The molecular weight excluding hydrogens is 316 g/mol. The molecule has 0 radical (unpaired) electrons. The first-order valence-electron chi connectivity index (χ1n) is 8.68. The Morgan fingerprint density at radius 3 is 2.28 bits per heavy atom. The molecular formula is C20H24N2O3. The zero-order valence-electron chi connectivity index (χ0n) is 14.4. The quantitative estimate of drug-likeness (QED) is 0.781. The second-order valence-electron chi connectivity index (χ2n) is 6.55. The van der Waals surface area contributed by atoms with Gasteiger partial charge in [0.1, 0.15) is 11.5 Å². The summed E-state index contributed by atoms with van der Waals surface area (Å²) in [6.45, 7) is 2.02. The van der Waals surface area contributed by atoms with Crippen molar-refractivity contribution in [2.45, 2.75) is 44.8 Å². The van der Waals surface area contributed by atoms with Crippen molar-refractivity contribution in [2.24, 2.45) is 0 Å². The number of phenolic OH excluding ortho intramolecular Hbond substituents is 1. The molecule has 1 fully saturated rings. The van der Waals surface area contributed by atoms with Crippen LogP contribution in [0.25, 0.3) is 0 Å². The minimum absolute atomic E-state index is 0.155. The summed E-state index contributed by atoms with van der Waals surface area (Å²) >= 11 is 0. The Balaban J connectivity index is 1.42. The highest BCUT2D eigenvalue weighted by atomic mass is 16.5. The minimum Gasteiger partial charge on any atom is -0.508 e. The molecule has 2 aromatic rings. The van der Waals surface area contributed by atoms with Crippen LogP contribution in [0.15, 0.2) is 48.5 Å². The maximum atomic E-state index is 12.1. The predicted octanol–water partition coefficient (Wildman–Crippen LogP) is 4.21. The number of benzene rings is 2. The molecule has 0 spiro atoms. The predicted molar refractivity (Wildman–Crippen MR) is 98.1 cm³/mol. The number of ether oxygens (including phenoxy) is 1. The van der Waals surface area contributed by atoms with E-state index in [0.29, 0.717) is 0 Å². The van der Waals surface area contributed by atoms with E-state index in [9.17, 15) is 9.90 Å². The van der Waals surface area contributed by atoms with Crippen molar-refractivity contribution in [3.8, 4) is 11.5 Å². The van der Waals surface area contributed by atoms with Gasteiger partial charge in [0.2, 0.25) is 0 Å². The zero-order valence-corrected chi connectivity index (χ0v) is 14.4. The fourth-order valence-corrected chi connectivity index (χ4v) is 3.03. The van der Waals surface area contributed by atoms with E-state index in [1.54, 1.807) is 24.3 Å². The molecule has 0 saturated heterocycles. The average Bonchev–Trinajstić information content (AvgIpc) is 2.61. The number of carbonyl (C=O) groups is 1. The average molecular weight is 340 g/mol. The van der Waals surface area contributed by atoms with Crippen LogP contribution in [0.1, 0.15) is 31.2 Å². The van der Waals surface area contributed by atoms with Crippen LogP contribution < -0.4 is 15.4 Å². The number of hydrogen-bond acceptors (Lipinski definition) is 3. The van der Waals surface area contributed by atoms with Gasteiger partial charge in [-0.2, -0.15) is 0 Å². The lowest BCUT2D eigenvalue weighted by molar-refractivity contribution is 0.141. The number of amides is 2. The third-order valence-electron chi connectivity index (χ3n) is 4.46. The summed E-state index contributed by atoms with van der Waals surface area (Å²) < 4.78 is 5.93. The van der Waals surface area contributed by atoms with Gasteiger partial charge in [0, 0.05) is 11.7 Å². The smallest absolute Gasteiger partial charge is 0.319 e. The van der Waals surface area contributed by atoms with E-state index < -0.39 is 0 Å².